The zero-order valence-electron chi connectivity index (χ0n) is 8.33. The molecule has 1 amide bonds. The van der Waals surface area contributed by atoms with Gasteiger partial charge >= 0.3 is 5.97 Å². The van der Waals surface area contributed by atoms with E-state index in [4.69, 9.17) is 5.11 Å². The summed E-state index contributed by atoms with van der Waals surface area (Å²) in [7, 11) is 0. The van der Waals surface area contributed by atoms with E-state index in [0.29, 0.717) is 0 Å². The molecule has 1 atom stereocenters. The van der Waals surface area contributed by atoms with Gasteiger partial charge < -0.3 is 10.4 Å². The molecule has 16 heavy (non-hydrogen) atoms. The smallest absolute Gasteiger partial charge is 0.325 e. The van der Waals surface area contributed by atoms with Crippen LogP contribution in [0.1, 0.15) is 17.3 Å². The Labute approximate surface area is 99.6 Å². The lowest BCUT2D eigenvalue weighted by Crippen LogP contribution is -2.38. The third kappa shape index (κ3) is 3.03. The van der Waals surface area contributed by atoms with Crippen LogP contribution in [0, 0.1) is 5.82 Å². The molecular weight excluding hydrogens is 281 g/mol. The van der Waals surface area contributed by atoms with Crippen LogP contribution in [0.2, 0.25) is 0 Å². The second kappa shape index (κ2) is 5.07. The van der Waals surface area contributed by atoms with Gasteiger partial charge in [-0.2, -0.15) is 0 Å². The molecular formula is C10H9BrFNO3. The molecule has 0 saturated heterocycles. The Hall–Kier alpha value is -1.43. The topological polar surface area (TPSA) is 66.4 Å². The predicted octanol–water partition coefficient (Wildman–Crippen LogP) is 1.79. The maximum Gasteiger partial charge on any atom is 0.325 e. The largest absolute Gasteiger partial charge is 0.480 e. The Balaban J connectivity index is 2.81. The third-order valence-electron chi connectivity index (χ3n) is 1.90. The van der Waals surface area contributed by atoms with Crippen molar-refractivity contribution in [1.29, 1.82) is 0 Å². The first kappa shape index (κ1) is 12.6. The lowest BCUT2D eigenvalue weighted by molar-refractivity contribution is -0.138. The van der Waals surface area contributed by atoms with E-state index in [2.05, 4.69) is 21.2 Å². The molecule has 0 fully saturated rings. The molecule has 86 valence electrons. The van der Waals surface area contributed by atoms with Gasteiger partial charge in [-0.1, -0.05) is 0 Å². The number of halogens is 2. The monoisotopic (exact) mass is 289 g/mol. The predicted molar refractivity (Wildman–Crippen MR) is 58.7 cm³/mol. The highest BCUT2D eigenvalue weighted by molar-refractivity contribution is 9.10. The van der Waals surface area contributed by atoms with Crippen molar-refractivity contribution in [3.63, 3.8) is 0 Å². The summed E-state index contributed by atoms with van der Waals surface area (Å²) >= 11 is 2.94. The van der Waals surface area contributed by atoms with E-state index in [1.165, 1.54) is 19.1 Å². The second-order valence-electron chi connectivity index (χ2n) is 3.16. The Bertz CT molecular complexity index is 436. The molecule has 1 aromatic carbocycles. The first-order valence-corrected chi connectivity index (χ1v) is 5.20. The van der Waals surface area contributed by atoms with Crippen molar-refractivity contribution >= 4 is 27.8 Å². The van der Waals surface area contributed by atoms with E-state index in [0.717, 1.165) is 6.07 Å². The van der Waals surface area contributed by atoms with Crippen molar-refractivity contribution in [2.75, 3.05) is 0 Å². The van der Waals surface area contributed by atoms with E-state index in [1.807, 2.05) is 0 Å². The molecule has 4 nitrogen and oxygen atoms in total. The second-order valence-corrected chi connectivity index (χ2v) is 4.02. The number of hydrogen-bond donors (Lipinski definition) is 2. The molecule has 1 rings (SSSR count). The molecule has 0 unspecified atom stereocenters. The summed E-state index contributed by atoms with van der Waals surface area (Å²) in [4.78, 5) is 22.0. The summed E-state index contributed by atoms with van der Waals surface area (Å²) in [5.41, 5.74) is 0.196. The Morgan fingerprint density at radius 2 is 2.12 bits per heavy atom. The molecule has 6 heteroatoms. The summed E-state index contributed by atoms with van der Waals surface area (Å²) in [5.74, 6) is -2.17. The minimum absolute atomic E-state index is 0.156. The van der Waals surface area contributed by atoms with Crippen LogP contribution in [0.3, 0.4) is 0 Å². The molecule has 0 heterocycles. The summed E-state index contributed by atoms with van der Waals surface area (Å²) in [6.45, 7) is 1.35. The highest BCUT2D eigenvalue weighted by atomic mass is 79.9. The molecule has 0 aliphatic carbocycles. The summed E-state index contributed by atoms with van der Waals surface area (Å²) in [5, 5.41) is 10.9. The Kier molecular flexibility index (Phi) is 4.00. The number of carboxylic acid groups (broad SMARTS) is 1. The van der Waals surface area contributed by atoms with Crippen LogP contribution in [0.25, 0.3) is 0 Å². The first-order valence-electron chi connectivity index (χ1n) is 4.40. The summed E-state index contributed by atoms with van der Waals surface area (Å²) in [6.07, 6.45) is 0. The van der Waals surface area contributed by atoms with Crippen LogP contribution >= 0.6 is 15.9 Å². The third-order valence-corrected chi connectivity index (χ3v) is 2.51. The van der Waals surface area contributed by atoms with Gasteiger partial charge in [0.2, 0.25) is 0 Å². The summed E-state index contributed by atoms with van der Waals surface area (Å²) in [6, 6.07) is 2.71. The van der Waals surface area contributed by atoms with Gasteiger partial charge in [-0.15, -0.1) is 0 Å². The molecule has 0 radical (unpaired) electrons. The van der Waals surface area contributed by atoms with Crippen LogP contribution in [-0.2, 0) is 4.79 Å². The van der Waals surface area contributed by atoms with Crippen molar-refractivity contribution in [2.24, 2.45) is 0 Å². The minimum Gasteiger partial charge on any atom is -0.480 e. The lowest BCUT2D eigenvalue weighted by Gasteiger charge is -2.09. The number of aliphatic carboxylic acids is 1. The van der Waals surface area contributed by atoms with Gasteiger partial charge in [-0.25, -0.2) is 4.39 Å². The number of carboxylic acids is 1. The van der Waals surface area contributed by atoms with E-state index in [1.54, 1.807) is 0 Å². The number of rotatable bonds is 3. The van der Waals surface area contributed by atoms with Crippen LogP contribution < -0.4 is 5.32 Å². The molecule has 0 aromatic heterocycles. The molecule has 2 N–H and O–H groups in total. The molecule has 0 bridgehead atoms. The number of amides is 1. The van der Waals surface area contributed by atoms with Crippen LogP contribution in [0.5, 0.6) is 0 Å². The van der Waals surface area contributed by atoms with Crippen LogP contribution in [0.15, 0.2) is 22.7 Å². The molecule has 0 aliphatic rings. The van der Waals surface area contributed by atoms with Gasteiger partial charge in [0.05, 0.1) is 4.47 Å². The quantitative estimate of drug-likeness (QED) is 0.892. The van der Waals surface area contributed by atoms with E-state index >= 15 is 0 Å². The van der Waals surface area contributed by atoms with Crippen molar-refractivity contribution in [3.05, 3.63) is 34.1 Å². The average Bonchev–Trinajstić information content (AvgIpc) is 2.21. The van der Waals surface area contributed by atoms with E-state index < -0.39 is 23.7 Å². The molecule has 0 spiro atoms. The number of hydrogen-bond acceptors (Lipinski definition) is 2. The van der Waals surface area contributed by atoms with Gasteiger partial charge in [-0.05, 0) is 41.1 Å². The Morgan fingerprint density at radius 1 is 1.50 bits per heavy atom. The van der Waals surface area contributed by atoms with Crippen molar-refractivity contribution in [1.82, 2.24) is 5.32 Å². The average molecular weight is 290 g/mol. The lowest BCUT2D eigenvalue weighted by atomic mass is 10.2. The number of benzene rings is 1. The Morgan fingerprint density at radius 3 is 2.62 bits per heavy atom. The summed E-state index contributed by atoms with van der Waals surface area (Å²) < 4.78 is 13.0. The van der Waals surface area contributed by atoms with Gasteiger partial charge in [0.1, 0.15) is 11.9 Å². The van der Waals surface area contributed by atoms with E-state index in [9.17, 15) is 14.0 Å². The van der Waals surface area contributed by atoms with Gasteiger partial charge in [0, 0.05) is 5.56 Å². The minimum atomic E-state index is -1.13. The highest BCUT2D eigenvalue weighted by Crippen LogP contribution is 2.16. The van der Waals surface area contributed by atoms with Crippen molar-refractivity contribution < 1.29 is 19.1 Å². The van der Waals surface area contributed by atoms with Gasteiger partial charge in [0.15, 0.2) is 0 Å². The number of carbonyl (C=O) groups is 2. The fraction of sp³-hybridized carbons (Fsp3) is 0.200. The highest BCUT2D eigenvalue weighted by Gasteiger charge is 2.15. The maximum atomic E-state index is 12.9. The first-order chi connectivity index (χ1) is 7.41. The van der Waals surface area contributed by atoms with Crippen LogP contribution in [-0.4, -0.2) is 23.0 Å². The van der Waals surface area contributed by atoms with Crippen LogP contribution in [0.4, 0.5) is 4.39 Å². The molecule has 0 aliphatic heterocycles. The maximum absolute atomic E-state index is 12.9. The van der Waals surface area contributed by atoms with Gasteiger partial charge in [0.25, 0.3) is 5.91 Å². The number of nitrogens with one attached hydrogen (secondary N) is 1. The SMILES string of the molecule is C[C@@H](NC(=O)c1ccc(F)c(Br)c1)C(=O)O. The van der Waals surface area contributed by atoms with E-state index in [-0.39, 0.29) is 10.0 Å². The fourth-order valence-electron chi connectivity index (χ4n) is 0.979. The van der Waals surface area contributed by atoms with Crippen molar-refractivity contribution in [2.45, 2.75) is 13.0 Å². The standard InChI is InChI=1S/C10H9BrFNO3/c1-5(10(15)16)13-9(14)6-2-3-8(12)7(11)4-6/h2-5H,1H3,(H,13,14)(H,15,16)/t5-/m1/s1. The number of carbonyl (C=O) groups excluding carboxylic acids is 1. The normalized spacial score (nSPS) is 11.9. The molecule has 0 saturated carbocycles. The zero-order chi connectivity index (χ0) is 12.3. The van der Waals surface area contributed by atoms with Gasteiger partial charge in [-0.3, -0.25) is 9.59 Å². The fourth-order valence-corrected chi connectivity index (χ4v) is 1.36. The zero-order valence-corrected chi connectivity index (χ0v) is 9.92. The van der Waals surface area contributed by atoms with Crippen molar-refractivity contribution in [3.8, 4) is 0 Å². The molecule has 1 aromatic rings.